The van der Waals surface area contributed by atoms with Gasteiger partial charge in [-0.25, -0.2) is 14.5 Å². The monoisotopic (exact) mass is 549 g/mol. The number of rotatable bonds is 5. The third kappa shape index (κ3) is 4.06. The number of carbonyl (C=O) groups excluding carboxylic acids is 1. The van der Waals surface area contributed by atoms with Gasteiger partial charge in [0.15, 0.2) is 0 Å². The lowest BCUT2D eigenvalue weighted by Crippen LogP contribution is -2.35. The molecule has 10 nitrogen and oxygen atoms in total. The van der Waals surface area contributed by atoms with Gasteiger partial charge in [0.05, 0.1) is 28.5 Å². The van der Waals surface area contributed by atoms with Gasteiger partial charge in [0.25, 0.3) is 5.91 Å². The predicted octanol–water partition coefficient (Wildman–Crippen LogP) is 3.89. The van der Waals surface area contributed by atoms with E-state index in [1.165, 1.54) is 0 Å². The van der Waals surface area contributed by atoms with E-state index in [1.807, 2.05) is 44.7 Å². The van der Waals surface area contributed by atoms with Crippen molar-refractivity contribution in [1.29, 1.82) is 5.26 Å². The molecule has 1 unspecified atom stereocenters. The topological polar surface area (TPSA) is 117 Å². The van der Waals surface area contributed by atoms with Crippen LogP contribution >= 0.6 is 11.6 Å². The average Bonchev–Trinajstić information content (AvgIpc) is 3.41. The molecule has 0 spiro atoms. The zero-order valence-corrected chi connectivity index (χ0v) is 22.5. The minimum absolute atomic E-state index is 0.121. The molecule has 5 aromatic heterocycles. The van der Waals surface area contributed by atoms with Gasteiger partial charge in [-0.1, -0.05) is 11.6 Å². The third-order valence-electron chi connectivity index (χ3n) is 7.85. The molecule has 0 aromatic carbocycles. The van der Waals surface area contributed by atoms with Crippen LogP contribution in [0.1, 0.15) is 21.7 Å². The Kier molecular flexibility index (Phi) is 5.57. The number of carbonyl (C=O) groups is 1. The molecular weight excluding hydrogens is 526 g/mol. The summed E-state index contributed by atoms with van der Waals surface area (Å²) in [5, 5.41) is 21.9. The second kappa shape index (κ2) is 9.17. The molecule has 1 aliphatic carbocycles. The largest absolute Gasteiger partial charge is 0.356 e. The molecule has 0 radical (unpaired) electrons. The first-order chi connectivity index (χ1) is 19.4. The summed E-state index contributed by atoms with van der Waals surface area (Å²) in [5.74, 6) is 1.40. The number of hydrogen-bond acceptors (Lipinski definition) is 7. The molecule has 3 atom stereocenters. The van der Waals surface area contributed by atoms with Gasteiger partial charge < -0.3 is 10.2 Å². The maximum Gasteiger partial charge on any atom is 0.271 e. The van der Waals surface area contributed by atoms with Crippen LogP contribution in [0.3, 0.4) is 0 Å². The molecule has 7 rings (SSSR count). The molecule has 1 aliphatic heterocycles. The van der Waals surface area contributed by atoms with Crippen molar-refractivity contribution in [3.05, 3.63) is 83.3 Å². The fraction of sp³-hybridized carbons (Fsp3) is 0.241. The zero-order chi connectivity index (χ0) is 27.5. The second-order valence-corrected chi connectivity index (χ2v) is 10.8. The van der Waals surface area contributed by atoms with Crippen LogP contribution in [0.2, 0.25) is 5.02 Å². The van der Waals surface area contributed by atoms with E-state index in [0.717, 1.165) is 52.4 Å². The summed E-state index contributed by atoms with van der Waals surface area (Å²) in [7, 11) is 1.88. The third-order valence-corrected chi connectivity index (χ3v) is 8.15. The number of aryl methyl sites for hydroxylation is 2. The highest BCUT2D eigenvalue weighted by Crippen LogP contribution is 2.47. The van der Waals surface area contributed by atoms with Gasteiger partial charge in [0, 0.05) is 84.6 Å². The van der Waals surface area contributed by atoms with Gasteiger partial charge in [-0.15, -0.1) is 0 Å². The van der Waals surface area contributed by atoms with Gasteiger partial charge in [0.2, 0.25) is 0 Å². The number of nitrogens with zero attached hydrogens (tertiary/aromatic N) is 8. The Morgan fingerprint density at radius 1 is 1.05 bits per heavy atom. The SMILES string of the molecule is Cc1ccc(Cl)c(C(=O)NC2[C@H]3CN(c4ccc(-c5cc(-c6cnn(C)c6)cn6ncc(C#N)c56)cn4)C[C@@H]23)n1. The Hall–Kier alpha value is -4.75. The molecular formula is C29H24ClN9O. The van der Waals surface area contributed by atoms with Crippen LogP contribution < -0.4 is 10.2 Å². The number of nitriles is 1. The van der Waals surface area contributed by atoms with E-state index in [0.29, 0.717) is 22.4 Å². The summed E-state index contributed by atoms with van der Waals surface area (Å²) >= 11 is 6.19. The van der Waals surface area contributed by atoms with Crippen molar-refractivity contribution in [2.45, 2.75) is 13.0 Å². The lowest BCUT2D eigenvalue weighted by atomic mass is 10.0. The van der Waals surface area contributed by atoms with Crippen LogP contribution in [0.4, 0.5) is 5.82 Å². The minimum atomic E-state index is -0.224. The minimum Gasteiger partial charge on any atom is -0.356 e. The van der Waals surface area contributed by atoms with Crippen molar-refractivity contribution < 1.29 is 4.79 Å². The number of piperidine rings is 1. The molecule has 1 N–H and O–H groups in total. The summed E-state index contributed by atoms with van der Waals surface area (Å²) in [6, 6.07) is 12.0. The number of halogens is 1. The van der Waals surface area contributed by atoms with E-state index in [1.54, 1.807) is 33.7 Å². The van der Waals surface area contributed by atoms with Gasteiger partial charge in [-0.05, 0) is 37.3 Å². The smallest absolute Gasteiger partial charge is 0.271 e. The fourth-order valence-corrected chi connectivity index (χ4v) is 5.92. The maximum absolute atomic E-state index is 12.7. The molecule has 1 amide bonds. The van der Waals surface area contributed by atoms with Gasteiger partial charge >= 0.3 is 0 Å². The van der Waals surface area contributed by atoms with Crippen molar-refractivity contribution >= 4 is 28.8 Å². The molecule has 1 saturated carbocycles. The summed E-state index contributed by atoms with van der Waals surface area (Å²) in [6.07, 6.45) is 9.10. The van der Waals surface area contributed by atoms with Crippen LogP contribution in [0.5, 0.6) is 0 Å². The molecule has 11 heteroatoms. The van der Waals surface area contributed by atoms with Crippen LogP contribution in [0, 0.1) is 30.1 Å². The quantitative estimate of drug-likeness (QED) is 0.353. The standard InChI is InChI=1S/C29H24ClN9O/c1-16-3-5-24(30)27(35-16)29(40)36-26-22-14-38(15-23(22)26)25-6-4-17(9-32-25)21-7-18(20-11-33-37(2)12-20)13-39-28(21)19(8-31)10-34-39/h3-7,9-13,22-23,26H,14-15H2,1-2H3,(H,36,40)/t22-,23+,26?. The molecule has 6 heterocycles. The van der Waals surface area contributed by atoms with Crippen LogP contribution in [0.25, 0.3) is 27.8 Å². The Balaban J connectivity index is 1.09. The number of hydrogen-bond donors (Lipinski definition) is 1. The van der Waals surface area contributed by atoms with E-state index in [-0.39, 0.29) is 17.6 Å². The number of nitrogens with one attached hydrogen (secondary N) is 1. The molecule has 5 aromatic rings. The Bertz CT molecular complexity index is 1820. The van der Waals surface area contributed by atoms with E-state index < -0.39 is 0 Å². The van der Waals surface area contributed by atoms with Gasteiger partial charge in [-0.3, -0.25) is 9.48 Å². The lowest BCUT2D eigenvalue weighted by molar-refractivity contribution is 0.0942. The van der Waals surface area contributed by atoms with Crippen LogP contribution in [0.15, 0.2) is 61.3 Å². The molecule has 1 saturated heterocycles. The molecule has 0 bridgehead atoms. The van der Waals surface area contributed by atoms with Gasteiger partial charge in [-0.2, -0.15) is 15.5 Å². The van der Waals surface area contributed by atoms with E-state index in [4.69, 9.17) is 16.6 Å². The number of fused-ring (bicyclic) bond motifs is 2. The molecule has 2 aliphatic rings. The van der Waals surface area contributed by atoms with Crippen LogP contribution in [-0.4, -0.2) is 54.4 Å². The summed E-state index contributed by atoms with van der Waals surface area (Å²) in [5.41, 5.74) is 5.97. The predicted molar refractivity (Wildman–Crippen MR) is 150 cm³/mol. The number of pyridine rings is 3. The summed E-state index contributed by atoms with van der Waals surface area (Å²) < 4.78 is 3.50. The van der Waals surface area contributed by atoms with E-state index in [2.05, 4.69) is 37.5 Å². The van der Waals surface area contributed by atoms with E-state index >= 15 is 0 Å². The first-order valence-corrected chi connectivity index (χ1v) is 13.3. The highest BCUT2D eigenvalue weighted by molar-refractivity contribution is 6.33. The van der Waals surface area contributed by atoms with Crippen LogP contribution in [-0.2, 0) is 7.05 Å². The molecule has 198 valence electrons. The van der Waals surface area contributed by atoms with Crippen molar-refractivity contribution in [3.63, 3.8) is 0 Å². The zero-order valence-electron chi connectivity index (χ0n) is 21.8. The van der Waals surface area contributed by atoms with Crippen molar-refractivity contribution in [2.24, 2.45) is 18.9 Å². The first-order valence-electron chi connectivity index (χ1n) is 13.0. The summed E-state index contributed by atoms with van der Waals surface area (Å²) in [6.45, 7) is 3.48. The Morgan fingerprint density at radius 3 is 2.58 bits per heavy atom. The highest BCUT2D eigenvalue weighted by Gasteiger charge is 2.56. The Morgan fingerprint density at radius 2 is 1.88 bits per heavy atom. The first kappa shape index (κ1) is 24.3. The lowest BCUT2D eigenvalue weighted by Gasteiger charge is -2.21. The van der Waals surface area contributed by atoms with E-state index in [9.17, 15) is 10.1 Å². The molecule has 2 fully saturated rings. The van der Waals surface area contributed by atoms with Crippen molar-refractivity contribution in [1.82, 2.24) is 34.7 Å². The van der Waals surface area contributed by atoms with Crippen molar-refractivity contribution in [3.8, 4) is 28.3 Å². The number of aromatic nitrogens is 6. The maximum atomic E-state index is 12.7. The summed E-state index contributed by atoms with van der Waals surface area (Å²) in [4.78, 5) is 24.1. The average molecular weight is 550 g/mol. The molecule has 40 heavy (non-hydrogen) atoms. The fourth-order valence-electron chi connectivity index (χ4n) is 5.73. The van der Waals surface area contributed by atoms with Crippen molar-refractivity contribution in [2.75, 3.05) is 18.0 Å². The second-order valence-electron chi connectivity index (χ2n) is 10.4. The number of anilines is 1. The normalized spacial score (nSPS) is 19.4. The van der Waals surface area contributed by atoms with Gasteiger partial charge in [0.1, 0.15) is 17.6 Å². The Labute approximate surface area is 234 Å². The number of amides is 1. The highest BCUT2D eigenvalue weighted by atomic mass is 35.5.